The highest BCUT2D eigenvalue weighted by Crippen LogP contribution is 2.19. The van der Waals surface area contributed by atoms with Crippen LogP contribution in [0, 0.1) is 6.92 Å². The molecule has 0 aliphatic carbocycles. The van der Waals surface area contributed by atoms with Crippen molar-refractivity contribution in [1.82, 2.24) is 0 Å². The van der Waals surface area contributed by atoms with E-state index >= 15 is 0 Å². The number of primary amides is 1. The fraction of sp³-hybridized carbons (Fsp3) is 0.250. The van der Waals surface area contributed by atoms with E-state index in [1.807, 2.05) is 25.1 Å². The van der Waals surface area contributed by atoms with E-state index in [2.05, 4.69) is 11.9 Å². The lowest BCUT2D eigenvalue weighted by atomic mass is 10.1. The zero-order chi connectivity index (χ0) is 11.3. The number of benzene rings is 1. The Bertz CT molecular complexity index is 372. The lowest BCUT2D eigenvalue weighted by Crippen LogP contribution is -2.15. The number of para-hydroxylation sites is 1. The fourth-order valence-electron chi connectivity index (χ4n) is 1.41. The molecule has 0 saturated carbocycles. The third-order valence-corrected chi connectivity index (χ3v) is 2.19. The first kappa shape index (κ1) is 11.3. The first-order valence-electron chi connectivity index (χ1n) is 4.91. The summed E-state index contributed by atoms with van der Waals surface area (Å²) in [6.45, 7) is 6.35. The number of rotatable bonds is 5. The number of carbonyl (C=O) groups excluding carboxylic acids is 1. The van der Waals surface area contributed by atoms with Gasteiger partial charge in [0.25, 0.3) is 5.91 Å². The van der Waals surface area contributed by atoms with Crippen molar-refractivity contribution in [3.05, 3.63) is 42.0 Å². The smallest absolute Gasteiger partial charge is 0.250 e. The average Bonchev–Trinajstić information content (AvgIpc) is 2.20. The van der Waals surface area contributed by atoms with Crippen LogP contribution in [0.4, 0.5) is 5.69 Å². The number of amides is 1. The molecule has 1 aromatic carbocycles. The topological polar surface area (TPSA) is 55.1 Å². The Hall–Kier alpha value is -1.77. The van der Waals surface area contributed by atoms with Gasteiger partial charge in [-0.3, -0.25) is 4.79 Å². The number of nitrogens with two attached hydrogens (primary N) is 1. The van der Waals surface area contributed by atoms with Crippen LogP contribution in [0.2, 0.25) is 0 Å². The Morgan fingerprint density at radius 1 is 1.60 bits per heavy atom. The van der Waals surface area contributed by atoms with E-state index in [0.717, 1.165) is 24.2 Å². The zero-order valence-corrected chi connectivity index (χ0v) is 8.92. The lowest BCUT2D eigenvalue weighted by molar-refractivity contribution is 0.100. The maximum Gasteiger partial charge on any atom is 0.250 e. The van der Waals surface area contributed by atoms with E-state index in [9.17, 15) is 4.79 Å². The van der Waals surface area contributed by atoms with E-state index in [4.69, 9.17) is 5.73 Å². The summed E-state index contributed by atoms with van der Waals surface area (Å²) in [6, 6.07) is 5.50. The molecule has 3 N–H and O–H groups in total. The number of aryl methyl sites for hydroxylation is 1. The first-order chi connectivity index (χ1) is 7.16. The molecule has 0 saturated heterocycles. The van der Waals surface area contributed by atoms with Crippen molar-refractivity contribution in [1.29, 1.82) is 0 Å². The van der Waals surface area contributed by atoms with Gasteiger partial charge in [-0.15, -0.1) is 6.58 Å². The van der Waals surface area contributed by atoms with Crippen molar-refractivity contribution < 1.29 is 4.79 Å². The Labute approximate surface area is 90.0 Å². The molecule has 80 valence electrons. The van der Waals surface area contributed by atoms with Crippen LogP contribution in [-0.4, -0.2) is 12.5 Å². The molecule has 0 atom stereocenters. The summed E-state index contributed by atoms with van der Waals surface area (Å²) in [5.41, 5.74) is 7.68. The summed E-state index contributed by atoms with van der Waals surface area (Å²) in [4.78, 5) is 11.2. The highest BCUT2D eigenvalue weighted by Gasteiger charge is 2.08. The van der Waals surface area contributed by atoms with Crippen molar-refractivity contribution in [3.63, 3.8) is 0 Å². The van der Waals surface area contributed by atoms with Crippen LogP contribution in [0.15, 0.2) is 30.9 Å². The molecule has 0 unspecified atom stereocenters. The highest BCUT2D eigenvalue weighted by molar-refractivity contribution is 5.99. The molecule has 0 aliphatic heterocycles. The Morgan fingerprint density at radius 2 is 2.33 bits per heavy atom. The standard InChI is InChI=1S/C12H16N2O/c1-3-4-8-14-11-9(2)6-5-7-10(11)12(13)15/h3,5-7,14H,1,4,8H2,2H3,(H2,13,15). The number of hydrogen-bond donors (Lipinski definition) is 2. The summed E-state index contributed by atoms with van der Waals surface area (Å²) >= 11 is 0. The van der Waals surface area contributed by atoms with Gasteiger partial charge in [0.05, 0.1) is 5.56 Å². The van der Waals surface area contributed by atoms with Crippen LogP contribution < -0.4 is 11.1 Å². The number of anilines is 1. The molecular formula is C12H16N2O. The summed E-state index contributed by atoms with van der Waals surface area (Å²) in [7, 11) is 0. The van der Waals surface area contributed by atoms with Gasteiger partial charge in [-0.1, -0.05) is 18.2 Å². The molecular weight excluding hydrogens is 188 g/mol. The average molecular weight is 204 g/mol. The summed E-state index contributed by atoms with van der Waals surface area (Å²) in [6.07, 6.45) is 2.68. The quantitative estimate of drug-likeness (QED) is 0.570. The molecule has 0 radical (unpaired) electrons. The Morgan fingerprint density at radius 3 is 2.93 bits per heavy atom. The van der Waals surface area contributed by atoms with Gasteiger partial charge < -0.3 is 11.1 Å². The minimum atomic E-state index is -0.403. The second kappa shape index (κ2) is 5.20. The van der Waals surface area contributed by atoms with Crippen LogP contribution in [0.3, 0.4) is 0 Å². The van der Waals surface area contributed by atoms with Crippen molar-refractivity contribution in [2.75, 3.05) is 11.9 Å². The fourth-order valence-corrected chi connectivity index (χ4v) is 1.41. The van der Waals surface area contributed by atoms with Gasteiger partial charge in [-0.05, 0) is 25.0 Å². The molecule has 1 rings (SSSR count). The van der Waals surface area contributed by atoms with Crippen LogP contribution in [0.1, 0.15) is 22.3 Å². The third-order valence-electron chi connectivity index (χ3n) is 2.19. The summed E-state index contributed by atoms with van der Waals surface area (Å²) < 4.78 is 0. The predicted octanol–water partition coefficient (Wildman–Crippen LogP) is 2.08. The van der Waals surface area contributed by atoms with Gasteiger partial charge in [0.15, 0.2) is 0 Å². The molecule has 1 amide bonds. The van der Waals surface area contributed by atoms with Crippen molar-refractivity contribution in [2.45, 2.75) is 13.3 Å². The summed E-state index contributed by atoms with van der Waals surface area (Å²) in [5.74, 6) is -0.403. The molecule has 0 spiro atoms. The molecule has 1 aromatic rings. The maximum absolute atomic E-state index is 11.2. The van der Waals surface area contributed by atoms with Crippen molar-refractivity contribution in [2.24, 2.45) is 5.73 Å². The first-order valence-corrected chi connectivity index (χ1v) is 4.91. The van der Waals surface area contributed by atoms with Gasteiger partial charge in [0.1, 0.15) is 0 Å². The molecule has 3 nitrogen and oxygen atoms in total. The van der Waals surface area contributed by atoms with Crippen LogP contribution in [0.25, 0.3) is 0 Å². The van der Waals surface area contributed by atoms with E-state index in [-0.39, 0.29) is 0 Å². The van der Waals surface area contributed by atoms with E-state index in [1.165, 1.54) is 0 Å². The zero-order valence-electron chi connectivity index (χ0n) is 8.92. The van der Waals surface area contributed by atoms with E-state index in [1.54, 1.807) is 6.07 Å². The second-order valence-corrected chi connectivity index (χ2v) is 3.37. The molecule has 0 aromatic heterocycles. The lowest BCUT2D eigenvalue weighted by Gasteiger charge is -2.11. The van der Waals surface area contributed by atoms with Crippen LogP contribution in [-0.2, 0) is 0 Å². The molecule has 0 heterocycles. The minimum Gasteiger partial charge on any atom is -0.384 e. The number of hydrogen-bond acceptors (Lipinski definition) is 2. The number of carbonyl (C=O) groups is 1. The predicted molar refractivity (Wildman–Crippen MR) is 63.0 cm³/mol. The molecule has 15 heavy (non-hydrogen) atoms. The maximum atomic E-state index is 11.2. The number of nitrogens with one attached hydrogen (secondary N) is 1. The second-order valence-electron chi connectivity index (χ2n) is 3.37. The van der Waals surface area contributed by atoms with Crippen LogP contribution in [0.5, 0.6) is 0 Å². The Balaban J connectivity index is 2.92. The molecule has 3 heteroatoms. The normalized spacial score (nSPS) is 9.67. The highest BCUT2D eigenvalue weighted by atomic mass is 16.1. The minimum absolute atomic E-state index is 0.403. The monoisotopic (exact) mass is 204 g/mol. The summed E-state index contributed by atoms with van der Waals surface area (Å²) in [5, 5.41) is 3.19. The van der Waals surface area contributed by atoms with Crippen molar-refractivity contribution >= 4 is 11.6 Å². The molecule has 0 aliphatic rings. The van der Waals surface area contributed by atoms with Gasteiger partial charge >= 0.3 is 0 Å². The largest absolute Gasteiger partial charge is 0.384 e. The van der Waals surface area contributed by atoms with Gasteiger partial charge in [0.2, 0.25) is 0 Å². The Kier molecular flexibility index (Phi) is 3.92. The van der Waals surface area contributed by atoms with E-state index < -0.39 is 5.91 Å². The molecule has 0 fully saturated rings. The van der Waals surface area contributed by atoms with Gasteiger partial charge in [-0.2, -0.15) is 0 Å². The van der Waals surface area contributed by atoms with Crippen LogP contribution >= 0.6 is 0 Å². The van der Waals surface area contributed by atoms with E-state index in [0.29, 0.717) is 5.56 Å². The van der Waals surface area contributed by atoms with Gasteiger partial charge in [-0.25, -0.2) is 0 Å². The SMILES string of the molecule is C=CCCNc1c(C)cccc1C(N)=O. The van der Waals surface area contributed by atoms with Gasteiger partial charge in [0, 0.05) is 12.2 Å². The van der Waals surface area contributed by atoms with Crippen molar-refractivity contribution in [3.8, 4) is 0 Å². The third kappa shape index (κ3) is 2.84. The molecule has 0 bridgehead atoms.